The molecule has 2 atom stereocenters. The van der Waals surface area contributed by atoms with Gasteiger partial charge in [0, 0.05) is 25.7 Å². The summed E-state index contributed by atoms with van der Waals surface area (Å²) < 4.78 is 22.0. The largest absolute Gasteiger partial charge is 0.462 e. The Bertz CT molecular complexity index is 768. The van der Waals surface area contributed by atoms with E-state index < -0.39 is 6.10 Å². The summed E-state index contributed by atoms with van der Waals surface area (Å²) in [4.78, 5) is 48.9. The van der Waals surface area contributed by atoms with Crippen LogP contribution in [0.5, 0.6) is 0 Å². The molecule has 8 nitrogen and oxygen atoms in total. The monoisotopic (exact) mass is 669 g/mol. The molecule has 0 aliphatic heterocycles. The Labute approximate surface area is 288 Å². The van der Waals surface area contributed by atoms with Gasteiger partial charge in [0.2, 0.25) is 0 Å². The molecule has 0 saturated carbocycles. The number of rotatable bonds is 34. The third kappa shape index (κ3) is 30.9. The summed E-state index contributed by atoms with van der Waals surface area (Å²) in [6.45, 7) is 8.30. The van der Waals surface area contributed by atoms with E-state index in [0.717, 1.165) is 116 Å². The summed E-state index contributed by atoms with van der Waals surface area (Å²) in [7, 11) is 0. The van der Waals surface area contributed by atoms with E-state index in [9.17, 15) is 19.2 Å². The highest BCUT2D eigenvalue weighted by Gasteiger charge is 2.19. The number of carbonyl (C=O) groups excluding carboxylic acids is 4. The number of esters is 4. The smallest absolute Gasteiger partial charge is 0.306 e. The lowest BCUT2D eigenvalue weighted by molar-refractivity contribution is -0.167. The highest BCUT2D eigenvalue weighted by molar-refractivity contribution is 5.71. The van der Waals surface area contributed by atoms with Gasteiger partial charge >= 0.3 is 23.9 Å². The molecule has 47 heavy (non-hydrogen) atoms. The molecule has 0 aromatic carbocycles. The van der Waals surface area contributed by atoms with E-state index in [0.29, 0.717) is 25.7 Å². The highest BCUT2D eigenvalue weighted by atomic mass is 16.6. The van der Waals surface area contributed by atoms with Crippen LogP contribution in [0.15, 0.2) is 0 Å². The molecule has 0 aliphatic carbocycles. The van der Waals surface area contributed by atoms with Crippen LogP contribution < -0.4 is 0 Å². The Morgan fingerprint density at radius 3 is 1.09 bits per heavy atom. The minimum Gasteiger partial charge on any atom is -0.462 e. The molecular formula is C39H72O8. The SMILES string of the molecule is CCCCCCC(CCCCCCCCCCC(=O)OCC(COC(=O)CCCCC)OC(=O)CCCCC)OC(=O)CCCCC. The van der Waals surface area contributed by atoms with Crippen molar-refractivity contribution in [1.29, 1.82) is 0 Å². The van der Waals surface area contributed by atoms with E-state index in [-0.39, 0.29) is 43.2 Å². The molecule has 0 radical (unpaired) electrons. The number of hydrogen-bond donors (Lipinski definition) is 0. The second kappa shape index (κ2) is 33.8. The third-order valence-electron chi connectivity index (χ3n) is 8.45. The van der Waals surface area contributed by atoms with Gasteiger partial charge in [-0.15, -0.1) is 0 Å². The van der Waals surface area contributed by atoms with Gasteiger partial charge in [-0.3, -0.25) is 19.2 Å². The number of hydrogen-bond acceptors (Lipinski definition) is 8. The second-order valence-electron chi connectivity index (χ2n) is 13.2. The minimum absolute atomic E-state index is 0.0254. The standard InChI is InChI=1S/C39H72O8/c1-5-9-13-23-26-34(46-38(42)30-21-11-7-3)27-24-18-16-14-15-17-19-25-29-37(41)45-33-35(47-39(43)31-22-12-8-4)32-44-36(40)28-20-10-6-2/h34-35H,5-33H2,1-4H3. The van der Waals surface area contributed by atoms with Crippen LogP contribution in [0.4, 0.5) is 0 Å². The molecule has 0 aromatic rings. The molecule has 0 aliphatic rings. The van der Waals surface area contributed by atoms with Gasteiger partial charge in [0.25, 0.3) is 0 Å². The van der Waals surface area contributed by atoms with Crippen molar-refractivity contribution < 1.29 is 38.1 Å². The van der Waals surface area contributed by atoms with Gasteiger partial charge in [0.05, 0.1) is 0 Å². The van der Waals surface area contributed by atoms with Crippen LogP contribution in [-0.2, 0) is 38.1 Å². The fourth-order valence-corrected chi connectivity index (χ4v) is 5.44. The molecule has 0 bridgehead atoms. The predicted octanol–water partition coefficient (Wildman–Crippen LogP) is 10.5. The molecule has 0 rings (SSSR count). The molecule has 0 N–H and O–H groups in total. The van der Waals surface area contributed by atoms with Gasteiger partial charge in [-0.25, -0.2) is 0 Å². The van der Waals surface area contributed by atoms with Crippen molar-refractivity contribution in [1.82, 2.24) is 0 Å². The van der Waals surface area contributed by atoms with Crippen LogP contribution in [0.2, 0.25) is 0 Å². The van der Waals surface area contributed by atoms with Crippen molar-refractivity contribution in [2.45, 2.75) is 213 Å². The molecule has 0 spiro atoms. The third-order valence-corrected chi connectivity index (χ3v) is 8.45. The summed E-state index contributed by atoms with van der Waals surface area (Å²) in [6, 6.07) is 0. The summed E-state index contributed by atoms with van der Waals surface area (Å²) >= 11 is 0. The molecule has 0 amide bonds. The average Bonchev–Trinajstić information content (AvgIpc) is 3.05. The van der Waals surface area contributed by atoms with Crippen molar-refractivity contribution in [2.24, 2.45) is 0 Å². The van der Waals surface area contributed by atoms with Crippen LogP contribution >= 0.6 is 0 Å². The molecule has 2 unspecified atom stereocenters. The first kappa shape index (κ1) is 44.9. The Balaban J connectivity index is 4.21. The Morgan fingerprint density at radius 1 is 0.362 bits per heavy atom. The van der Waals surface area contributed by atoms with E-state index in [4.69, 9.17) is 18.9 Å². The van der Waals surface area contributed by atoms with Gasteiger partial charge in [0.15, 0.2) is 6.10 Å². The Kier molecular flexibility index (Phi) is 32.2. The predicted molar refractivity (Wildman–Crippen MR) is 189 cm³/mol. The Hall–Kier alpha value is -2.12. The van der Waals surface area contributed by atoms with E-state index in [1.165, 1.54) is 32.1 Å². The zero-order valence-corrected chi connectivity index (χ0v) is 30.9. The first-order valence-electron chi connectivity index (χ1n) is 19.6. The van der Waals surface area contributed by atoms with Gasteiger partial charge in [0.1, 0.15) is 19.3 Å². The summed E-state index contributed by atoms with van der Waals surface area (Å²) in [5, 5.41) is 0. The number of ether oxygens (including phenoxy) is 4. The lowest BCUT2D eigenvalue weighted by Crippen LogP contribution is -2.30. The van der Waals surface area contributed by atoms with Gasteiger partial charge in [-0.1, -0.05) is 124 Å². The fourth-order valence-electron chi connectivity index (χ4n) is 5.44. The van der Waals surface area contributed by atoms with Gasteiger partial charge in [-0.2, -0.15) is 0 Å². The van der Waals surface area contributed by atoms with E-state index in [2.05, 4.69) is 27.7 Å². The van der Waals surface area contributed by atoms with Crippen LogP contribution in [0, 0.1) is 0 Å². The molecule has 0 aromatic heterocycles. The van der Waals surface area contributed by atoms with Gasteiger partial charge in [-0.05, 0) is 51.4 Å². The number of carbonyl (C=O) groups is 4. The molecule has 276 valence electrons. The molecule has 8 heteroatoms. The minimum atomic E-state index is -0.780. The zero-order valence-electron chi connectivity index (χ0n) is 30.9. The maximum absolute atomic E-state index is 12.3. The van der Waals surface area contributed by atoms with Crippen molar-refractivity contribution >= 4 is 23.9 Å². The van der Waals surface area contributed by atoms with Crippen molar-refractivity contribution in [3.63, 3.8) is 0 Å². The maximum Gasteiger partial charge on any atom is 0.306 e. The van der Waals surface area contributed by atoms with Crippen molar-refractivity contribution in [3.8, 4) is 0 Å². The molecule has 0 fully saturated rings. The normalized spacial score (nSPS) is 12.3. The van der Waals surface area contributed by atoms with Crippen LogP contribution in [-0.4, -0.2) is 49.3 Å². The van der Waals surface area contributed by atoms with Crippen LogP contribution in [0.1, 0.15) is 201 Å². The Morgan fingerprint density at radius 2 is 0.660 bits per heavy atom. The van der Waals surface area contributed by atoms with Crippen molar-refractivity contribution in [3.05, 3.63) is 0 Å². The second-order valence-corrected chi connectivity index (χ2v) is 13.2. The van der Waals surface area contributed by atoms with Crippen LogP contribution in [0.3, 0.4) is 0 Å². The number of unbranched alkanes of at least 4 members (excludes halogenated alkanes) is 16. The first-order valence-corrected chi connectivity index (χ1v) is 19.6. The van der Waals surface area contributed by atoms with Crippen LogP contribution in [0.25, 0.3) is 0 Å². The maximum atomic E-state index is 12.3. The lowest BCUT2D eigenvalue weighted by atomic mass is 10.0. The van der Waals surface area contributed by atoms with E-state index in [1.54, 1.807) is 0 Å². The molecular weight excluding hydrogens is 596 g/mol. The van der Waals surface area contributed by atoms with Crippen molar-refractivity contribution in [2.75, 3.05) is 13.2 Å². The molecule has 0 saturated heterocycles. The highest BCUT2D eigenvalue weighted by Crippen LogP contribution is 2.18. The average molecular weight is 669 g/mol. The summed E-state index contributed by atoms with van der Waals surface area (Å²) in [6.07, 6.45) is 24.6. The van der Waals surface area contributed by atoms with Gasteiger partial charge < -0.3 is 18.9 Å². The van der Waals surface area contributed by atoms with E-state index in [1.807, 2.05) is 0 Å². The molecule has 0 heterocycles. The van der Waals surface area contributed by atoms with E-state index >= 15 is 0 Å². The quantitative estimate of drug-likeness (QED) is 0.0379. The summed E-state index contributed by atoms with van der Waals surface area (Å²) in [5.41, 5.74) is 0. The lowest BCUT2D eigenvalue weighted by Gasteiger charge is -2.18. The topological polar surface area (TPSA) is 105 Å². The summed E-state index contributed by atoms with van der Waals surface area (Å²) in [5.74, 6) is -1.02. The first-order chi connectivity index (χ1) is 22.9. The fraction of sp³-hybridized carbons (Fsp3) is 0.897. The zero-order chi connectivity index (χ0) is 34.8.